The van der Waals surface area contributed by atoms with E-state index in [9.17, 15) is 0 Å². The third-order valence-electron chi connectivity index (χ3n) is 3.83. The first-order valence-corrected chi connectivity index (χ1v) is 6.81. The molecule has 1 aromatic carbocycles. The summed E-state index contributed by atoms with van der Waals surface area (Å²) >= 11 is 0. The highest BCUT2D eigenvalue weighted by Crippen LogP contribution is 2.21. The minimum Gasteiger partial charge on any atom is -0.339 e. The molecule has 4 nitrogen and oxygen atoms in total. The van der Waals surface area contributed by atoms with Crippen molar-refractivity contribution in [2.24, 2.45) is 0 Å². The molecule has 4 heteroatoms. The van der Waals surface area contributed by atoms with Crippen LogP contribution in [0, 0.1) is 13.8 Å². The molecule has 0 aliphatic carbocycles. The van der Waals surface area contributed by atoms with Crippen molar-refractivity contribution in [1.82, 2.24) is 15.5 Å². The molecule has 19 heavy (non-hydrogen) atoms. The number of hydrogen-bond donors (Lipinski definition) is 1. The second-order valence-electron chi connectivity index (χ2n) is 5.33. The van der Waals surface area contributed by atoms with Crippen molar-refractivity contribution in [2.75, 3.05) is 13.1 Å². The van der Waals surface area contributed by atoms with Crippen LogP contribution in [0.1, 0.15) is 40.7 Å². The van der Waals surface area contributed by atoms with Gasteiger partial charge in [-0.1, -0.05) is 23.4 Å². The Balaban J connectivity index is 1.74. The van der Waals surface area contributed by atoms with E-state index in [0.29, 0.717) is 5.92 Å². The molecule has 0 radical (unpaired) electrons. The standard InChI is InChI=1S/C15H19N3O/c1-10-3-4-12(7-11(10)2)8-14-17-15(19-18-14)13-5-6-16-9-13/h3-4,7,13,16H,5-6,8-9H2,1-2H3. The first-order valence-electron chi connectivity index (χ1n) is 6.81. The first kappa shape index (κ1) is 12.4. The van der Waals surface area contributed by atoms with Crippen LogP contribution in [0.15, 0.2) is 22.7 Å². The van der Waals surface area contributed by atoms with Crippen molar-refractivity contribution < 1.29 is 4.52 Å². The number of nitrogens with one attached hydrogen (secondary N) is 1. The van der Waals surface area contributed by atoms with E-state index in [4.69, 9.17) is 4.52 Å². The molecule has 2 aromatic rings. The molecule has 1 aromatic heterocycles. The highest BCUT2D eigenvalue weighted by atomic mass is 16.5. The molecular formula is C15H19N3O. The largest absolute Gasteiger partial charge is 0.339 e. The number of aryl methyl sites for hydroxylation is 2. The quantitative estimate of drug-likeness (QED) is 0.917. The topological polar surface area (TPSA) is 51.0 Å². The van der Waals surface area contributed by atoms with Crippen LogP contribution < -0.4 is 5.32 Å². The Kier molecular flexibility index (Phi) is 3.34. The molecule has 1 fully saturated rings. The first-order chi connectivity index (χ1) is 9.22. The lowest BCUT2D eigenvalue weighted by atomic mass is 10.0. The Hall–Kier alpha value is -1.68. The van der Waals surface area contributed by atoms with Gasteiger partial charge < -0.3 is 9.84 Å². The second-order valence-corrected chi connectivity index (χ2v) is 5.33. The molecule has 1 atom stereocenters. The van der Waals surface area contributed by atoms with Crippen molar-refractivity contribution in [2.45, 2.75) is 32.6 Å². The van der Waals surface area contributed by atoms with Crippen LogP contribution >= 0.6 is 0 Å². The molecule has 0 saturated carbocycles. The number of benzene rings is 1. The van der Waals surface area contributed by atoms with Gasteiger partial charge in [0.1, 0.15) is 0 Å². The molecule has 2 heterocycles. The van der Waals surface area contributed by atoms with Crippen molar-refractivity contribution in [3.8, 4) is 0 Å². The fraction of sp³-hybridized carbons (Fsp3) is 0.467. The van der Waals surface area contributed by atoms with Gasteiger partial charge in [-0.3, -0.25) is 0 Å². The number of aromatic nitrogens is 2. The summed E-state index contributed by atoms with van der Waals surface area (Å²) in [5.41, 5.74) is 3.86. The minimum absolute atomic E-state index is 0.390. The summed E-state index contributed by atoms with van der Waals surface area (Å²) < 4.78 is 5.37. The molecule has 1 saturated heterocycles. The van der Waals surface area contributed by atoms with Crippen LogP contribution in [0.5, 0.6) is 0 Å². The SMILES string of the molecule is Cc1ccc(Cc2noc(C3CCNC3)n2)cc1C. The fourth-order valence-electron chi connectivity index (χ4n) is 2.47. The van der Waals surface area contributed by atoms with E-state index in [1.54, 1.807) is 0 Å². The molecule has 0 amide bonds. The summed E-state index contributed by atoms with van der Waals surface area (Å²) in [5, 5.41) is 7.41. The average Bonchev–Trinajstić information content (AvgIpc) is 3.04. The predicted molar refractivity (Wildman–Crippen MR) is 73.2 cm³/mol. The van der Waals surface area contributed by atoms with Gasteiger partial charge in [-0.2, -0.15) is 4.98 Å². The molecule has 1 aliphatic heterocycles. The Bertz CT molecular complexity index is 571. The summed E-state index contributed by atoms with van der Waals surface area (Å²) in [7, 11) is 0. The lowest BCUT2D eigenvalue weighted by Gasteiger charge is -2.02. The van der Waals surface area contributed by atoms with E-state index in [1.807, 2.05) is 0 Å². The monoisotopic (exact) mass is 257 g/mol. The Morgan fingerprint density at radius 3 is 2.95 bits per heavy atom. The van der Waals surface area contributed by atoms with Gasteiger partial charge in [0.05, 0.1) is 5.92 Å². The predicted octanol–water partition coefficient (Wildman–Crippen LogP) is 2.35. The lowest BCUT2D eigenvalue weighted by Crippen LogP contribution is -2.08. The van der Waals surface area contributed by atoms with Crippen molar-refractivity contribution in [3.05, 3.63) is 46.6 Å². The Morgan fingerprint density at radius 1 is 1.32 bits per heavy atom. The van der Waals surface area contributed by atoms with Crippen molar-refractivity contribution in [3.63, 3.8) is 0 Å². The van der Waals surface area contributed by atoms with E-state index in [1.165, 1.54) is 16.7 Å². The second kappa shape index (κ2) is 5.13. The lowest BCUT2D eigenvalue weighted by molar-refractivity contribution is 0.355. The molecule has 1 aliphatic rings. The summed E-state index contributed by atoms with van der Waals surface area (Å²) in [4.78, 5) is 4.52. The minimum atomic E-state index is 0.390. The zero-order valence-electron chi connectivity index (χ0n) is 11.4. The average molecular weight is 257 g/mol. The normalized spacial score (nSPS) is 18.9. The van der Waals surface area contributed by atoms with Crippen LogP contribution in [-0.2, 0) is 6.42 Å². The van der Waals surface area contributed by atoms with Gasteiger partial charge in [-0.25, -0.2) is 0 Å². The highest BCUT2D eigenvalue weighted by molar-refractivity contribution is 5.31. The van der Waals surface area contributed by atoms with Crippen LogP contribution in [0.25, 0.3) is 0 Å². The summed E-state index contributed by atoms with van der Waals surface area (Å²) in [6, 6.07) is 6.48. The van der Waals surface area contributed by atoms with Gasteiger partial charge >= 0.3 is 0 Å². The Labute approximate surface area is 113 Å². The summed E-state index contributed by atoms with van der Waals surface area (Å²) in [6.45, 7) is 6.24. The highest BCUT2D eigenvalue weighted by Gasteiger charge is 2.22. The zero-order valence-corrected chi connectivity index (χ0v) is 11.4. The van der Waals surface area contributed by atoms with E-state index < -0.39 is 0 Å². The number of hydrogen-bond acceptors (Lipinski definition) is 4. The maximum atomic E-state index is 5.37. The van der Waals surface area contributed by atoms with E-state index in [2.05, 4.69) is 47.5 Å². The van der Waals surface area contributed by atoms with Crippen LogP contribution in [0.2, 0.25) is 0 Å². The van der Waals surface area contributed by atoms with Crippen molar-refractivity contribution >= 4 is 0 Å². The molecule has 0 bridgehead atoms. The fourth-order valence-corrected chi connectivity index (χ4v) is 2.47. The van der Waals surface area contributed by atoms with Gasteiger partial charge in [0.2, 0.25) is 5.89 Å². The molecule has 3 rings (SSSR count). The summed E-state index contributed by atoms with van der Waals surface area (Å²) in [5.74, 6) is 1.95. The van der Waals surface area contributed by atoms with E-state index in [-0.39, 0.29) is 0 Å². The zero-order chi connectivity index (χ0) is 13.2. The smallest absolute Gasteiger partial charge is 0.231 e. The maximum Gasteiger partial charge on any atom is 0.231 e. The Morgan fingerprint density at radius 2 is 2.21 bits per heavy atom. The van der Waals surface area contributed by atoms with Gasteiger partial charge in [-0.15, -0.1) is 0 Å². The summed E-state index contributed by atoms with van der Waals surface area (Å²) in [6.07, 6.45) is 1.83. The van der Waals surface area contributed by atoms with E-state index >= 15 is 0 Å². The van der Waals surface area contributed by atoms with Gasteiger partial charge in [0, 0.05) is 13.0 Å². The molecule has 100 valence electrons. The third-order valence-corrected chi connectivity index (χ3v) is 3.83. The van der Waals surface area contributed by atoms with Gasteiger partial charge in [0.25, 0.3) is 0 Å². The van der Waals surface area contributed by atoms with Crippen LogP contribution in [0.4, 0.5) is 0 Å². The number of rotatable bonds is 3. The van der Waals surface area contributed by atoms with Gasteiger partial charge in [-0.05, 0) is 43.5 Å². The maximum absolute atomic E-state index is 5.37. The molecule has 1 unspecified atom stereocenters. The van der Waals surface area contributed by atoms with E-state index in [0.717, 1.165) is 37.6 Å². The molecule has 1 N–H and O–H groups in total. The molecular weight excluding hydrogens is 238 g/mol. The van der Waals surface area contributed by atoms with Gasteiger partial charge in [0.15, 0.2) is 5.82 Å². The number of nitrogens with zero attached hydrogens (tertiary/aromatic N) is 2. The molecule has 0 spiro atoms. The van der Waals surface area contributed by atoms with Crippen molar-refractivity contribution in [1.29, 1.82) is 0 Å². The van der Waals surface area contributed by atoms with Crippen LogP contribution in [-0.4, -0.2) is 23.2 Å². The van der Waals surface area contributed by atoms with Crippen LogP contribution in [0.3, 0.4) is 0 Å². The third kappa shape index (κ3) is 2.68.